The van der Waals surface area contributed by atoms with Crippen LogP contribution in [-0.2, 0) is 9.59 Å². The third kappa shape index (κ3) is 9.73. The number of carbonyl (C=O) groups excluding carboxylic acids is 2. The molecule has 0 heterocycles. The summed E-state index contributed by atoms with van der Waals surface area (Å²) in [5, 5.41) is 10.9. The fourth-order valence-corrected chi connectivity index (χ4v) is 4.79. The van der Waals surface area contributed by atoms with Gasteiger partial charge in [-0.15, -0.1) is 0 Å². The topological polar surface area (TPSA) is 54.4 Å². The average molecular weight is 447 g/mol. The molecule has 0 unspecified atom stereocenters. The van der Waals surface area contributed by atoms with Crippen molar-refractivity contribution in [2.45, 2.75) is 132 Å². The Morgan fingerprint density at radius 2 is 1.16 bits per heavy atom. The lowest BCUT2D eigenvalue weighted by atomic mass is 9.81. The first-order chi connectivity index (χ1) is 14.9. The van der Waals surface area contributed by atoms with Gasteiger partial charge in [0.1, 0.15) is 0 Å². The Kier molecular flexibility index (Phi) is 12.1. The number of Topliss-reactive ketones (excluding diaryl/α,β-unsaturated/α-hetero) is 2. The van der Waals surface area contributed by atoms with Crippen molar-refractivity contribution in [3.63, 3.8) is 0 Å². The Bertz CT molecular complexity index is 693. The van der Waals surface area contributed by atoms with Gasteiger partial charge in [-0.25, -0.2) is 0 Å². The van der Waals surface area contributed by atoms with E-state index < -0.39 is 5.60 Å². The van der Waals surface area contributed by atoms with Gasteiger partial charge in [0.2, 0.25) is 0 Å². The molecule has 32 heavy (non-hydrogen) atoms. The van der Waals surface area contributed by atoms with Gasteiger partial charge in [-0.1, -0.05) is 79.1 Å². The highest BCUT2D eigenvalue weighted by Crippen LogP contribution is 2.31. The Morgan fingerprint density at radius 3 is 1.69 bits per heavy atom. The molecule has 1 rings (SSSR count). The van der Waals surface area contributed by atoms with Crippen molar-refractivity contribution >= 4 is 11.6 Å². The van der Waals surface area contributed by atoms with Crippen molar-refractivity contribution in [2.24, 2.45) is 17.8 Å². The fourth-order valence-electron chi connectivity index (χ4n) is 4.79. The Hall–Kier alpha value is -1.22. The zero-order valence-electron chi connectivity index (χ0n) is 22.3. The number of ketones is 2. The minimum atomic E-state index is -0.800. The summed E-state index contributed by atoms with van der Waals surface area (Å²) >= 11 is 0. The first kappa shape index (κ1) is 28.8. The minimum Gasteiger partial charge on any atom is -0.390 e. The van der Waals surface area contributed by atoms with E-state index in [1.807, 2.05) is 6.92 Å². The number of aliphatic hydroxyl groups is 1. The SMILES string of the molecule is CC1=C(C)C(=O)C(CC[C@@](C)(O)CCC[C@@H](C)CCC[C@@H](C)CCCC(C)C)=C(C)C1=O. The van der Waals surface area contributed by atoms with Crippen LogP contribution in [0.2, 0.25) is 0 Å². The average Bonchev–Trinajstić information content (AvgIpc) is 2.70. The molecular weight excluding hydrogens is 396 g/mol. The van der Waals surface area contributed by atoms with Gasteiger partial charge in [0.15, 0.2) is 11.6 Å². The summed E-state index contributed by atoms with van der Waals surface area (Å²) in [5.74, 6) is 2.28. The molecule has 1 N–H and O–H groups in total. The predicted molar refractivity (Wildman–Crippen MR) is 136 cm³/mol. The van der Waals surface area contributed by atoms with Crippen molar-refractivity contribution in [2.75, 3.05) is 0 Å². The van der Waals surface area contributed by atoms with Gasteiger partial charge in [0, 0.05) is 22.3 Å². The van der Waals surface area contributed by atoms with Crippen LogP contribution < -0.4 is 0 Å². The number of hydrogen-bond acceptors (Lipinski definition) is 3. The highest BCUT2D eigenvalue weighted by atomic mass is 16.3. The van der Waals surface area contributed by atoms with Crippen LogP contribution in [0.4, 0.5) is 0 Å². The van der Waals surface area contributed by atoms with E-state index in [2.05, 4.69) is 27.7 Å². The number of allylic oxidation sites excluding steroid dienone is 4. The van der Waals surface area contributed by atoms with Gasteiger partial charge in [0.05, 0.1) is 5.60 Å². The van der Waals surface area contributed by atoms with Crippen molar-refractivity contribution in [3.05, 3.63) is 22.3 Å². The molecule has 184 valence electrons. The molecule has 1 aliphatic rings. The maximum Gasteiger partial charge on any atom is 0.185 e. The van der Waals surface area contributed by atoms with E-state index in [0.29, 0.717) is 41.1 Å². The van der Waals surface area contributed by atoms with Crippen molar-refractivity contribution < 1.29 is 14.7 Å². The molecule has 0 saturated carbocycles. The lowest BCUT2D eigenvalue weighted by molar-refractivity contribution is -0.116. The Labute approximate surface area is 198 Å². The number of rotatable bonds is 15. The molecule has 0 spiro atoms. The second-order valence-corrected chi connectivity index (χ2v) is 11.4. The van der Waals surface area contributed by atoms with E-state index in [9.17, 15) is 14.7 Å². The minimum absolute atomic E-state index is 0.0255. The summed E-state index contributed by atoms with van der Waals surface area (Å²) in [6, 6.07) is 0. The molecule has 3 heteroatoms. The van der Waals surface area contributed by atoms with E-state index in [4.69, 9.17) is 0 Å². The van der Waals surface area contributed by atoms with Crippen molar-refractivity contribution in [1.82, 2.24) is 0 Å². The molecule has 0 fully saturated rings. The zero-order valence-corrected chi connectivity index (χ0v) is 22.3. The van der Waals surface area contributed by atoms with Crippen LogP contribution in [0.3, 0.4) is 0 Å². The van der Waals surface area contributed by atoms with E-state index in [1.54, 1.807) is 20.8 Å². The molecule has 0 bridgehead atoms. The van der Waals surface area contributed by atoms with Gasteiger partial charge >= 0.3 is 0 Å². The van der Waals surface area contributed by atoms with E-state index in [1.165, 1.54) is 38.5 Å². The second-order valence-electron chi connectivity index (χ2n) is 11.4. The summed E-state index contributed by atoms with van der Waals surface area (Å²) < 4.78 is 0. The first-order valence-corrected chi connectivity index (χ1v) is 13.0. The molecule has 3 nitrogen and oxygen atoms in total. The smallest absolute Gasteiger partial charge is 0.185 e. The molecule has 1 aliphatic carbocycles. The predicted octanol–water partition coefficient (Wildman–Crippen LogP) is 7.76. The molecule has 0 aromatic rings. The van der Waals surface area contributed by atoms with Crippen LogP contribution in [0.25, 0.3) is 0 Å². The fraction of sp³-hybridized carbons (Fsp3) is 0.793. The van der Waals surface area contributed by atoms with Crippen molar-refractivity contribution in [1.29, 1.82) is 0 Å². The summed E-state index contributed by atoms with van der Waals surface area (Å²) in [4.78, 5) is 24.9. The van der Waals surface area contributed by atoms with E-state index >= 15 is 0 Å². The summed E-state index contributed by atoms with van der Waals surface area (Å²) in [6.45, 7) is 16.4. The Balaban J connectivity index is 2.32. The molecule has 0 aliphatic heterocycles. The first-order valence-electron chi connectivity index (χ1n) is 13.0. The summed E-state index contributed by atoms with van der Waals surface area (Å²) in [6.07, 6.45) is 11.8. The molecule has 0 saturated heterocycles. The van der Waals surface area contributed by atoms with Gasteiger partial charge in [-0.3, -0.25) is 9.59 Å². The highest BCUT2D eigenvalue weighted by Gasteiger charge is 2.29. The van der Waals surface area contributed by atoms with Crippen LogP contribution in [0.1, 0.15) is 126 Å². The normalized spacial score (nSPS) is 19.1. The zero-order chi connectivity index (χ0) is 24.5. The molecule has 0 aromatic heterocycles. The third-order valence-electron chi connectivity index (χ3n) is 7.51. The lowest BCUT2D eigenvalue weighted by Gasteiger charge is -2.26. The van der Waals surface area contributed by atoms with Crippen molar-refractivity contribution in [3.8, 4) is 0 Å². The summed E-state index contributed by atoms with van der Waals surface area (Å²) in [5.41, 5.74) is 1.46. The lowest BCUT2D eigenvalue weighted by Crippen LogP contribution is -2.27. The van der Waals surface area contributed by atoms with Crippen LogP contribution in [0.5, 0.6) is 0 Å². The van der Waals surface area contributed by atoms with E-state index in [0.717, 1.165) is 31.1 Å². The largest absolute Gasteiger partial charge is 0.390 e. The van der Waals surface area contributed by atoms with Gasteiger partial charge in [0.25, 0.3) is 0 Å². The number of hydrogen-bond donors (Lipinski definition) is 1. The maximum absolute atomic E-state index is 12.6. The molecule has 3 atom stereocenters. The Morgan fingerprint density at radius 1 is 0.688 bits per heavy atom. The monoisotopic (exact) mass is 446 g/mol. The van der Waals surface area contributed by atoms with E-state index in [-0.39, 0.29) is 11.6 Å². The van der Waals surface area contributed by atoms with Crippen LogP contribution in [0, 0.1) is 17.8 Å². The highest BCUT2D eigenvalue weighted by molar-refractivity contribution is 6.24. The van der Waals surface area contributed by atoms with Crippen LogP contribution in [-0.4, -0.2) is 22.3 Å². The van der Waals surface area contributed by atoms with Crippen LogP contribution >= 0.6 is 0 Å². The quantitative estimate of drug-likeness (QED) is 0.261. The van der Waals surface area contributed by atoms with Gasteiger partial charge in [-0.2, -0.15) is 0 Å². The van der Waals surface area contributed by atoms with Gasteiger partial charge < -0.3 is 5.11 Å². The molecular formula is C29H50O3. The molecule has 0 radical (unpaired) electrons. The molecule has 0 aromatic carbocycles. The number of carbonyl (C=O) groups is 2. The standard InChI is InChI=1S/C29H50O3/c1-20(2)12-9-13-21(3)14-10-15-22(4)16-11-18-29(8,32)19-17-26-25(7)27(30)23(5)24(6)28(26)31/h20-22,32H,9-19H2,1-8H3/t21-,22-,29-/m0/s1. The van der Waals surface area contributed by atoms with Crippen LogP contribution in [0.15, 0.2) is 22.3 Å². The molecule has 0 amide bonds. The second kappa shape index (κ2) is 13.5. The van der Waals surface area contributed by atoms with Gasteiger partial charge in [-0.05, 0) is 64.7 Å². The third-order valence-corrected chi connectivity index (χ3v) is 7.51. The maximum atomic E-state index is 12.6. The summed E-state index contributed by atoms with van der Waals surface area (Å²) in [7, 11) is 0.